The molecule has 0 spiro atoms. The zero-order valence-electron chi connectivity index (χ0n) is 16.9. The third-order valence-corrected chi connectivity index (χ3v) is 4.24. The van der Waals surface area contributed by atoms with Crippen LogP contribution >= 0.6 is 0 Å². The van der Waals surface area contributed by atoms with E-state index in [0.717, 1.165) is 11.3 Å². The molecule has 1 heterocycles. The molecule has 0 saturated heterocycles. The molecule has 2 atom stereocenters. The molecule has 0 aliphatic carbocycles. The minimum atomic E-state index is -1.01. The number of amides is 2. The summed E-state index contributed by atoms with van der Waals surface area (Å²) < 4.78 is 15.4. The van der Waals surface area contributed by atoms with Gasteiger partial charge in [0.25, 0.3) is 11.8 Å². The maximum atomic E-state index is 12.5. The van der Waals surface area contributed by atoms with E-state index in [9.17, 15) is 14.4 Å². The van der Waals surface area contributed by atoms with Crippen LogP contribution in [0.3, 0.4) is 0 Å². The smallest absolute Gasteiger partial charge is 0.329 e. The summed E-state index contributed by atoms with van der Waals surface area (Å²) in [5, 5.41) is 5.29. The van der Waals surface area contributed by atoms with Gasteiger partial charge in [-0.25, -0.2) is 4.79 Å². The fourth-order valence-electron chi connectivity index (χ4n) is 2.50. The number of hydrogen-bond donors (Lipinski definition) is 2. The lowest BCUT2D eigenvalue weighted by Gasteiger charge is -2.22. The van der Waals surface area contributed by atoms with E-state index >= 15 is 0 Å². The topological polar surface area (TPSA) is 107 Å². The van der Waals surface area contributed by atoms with Crippen molar-refractivity contribution in [3.63, 3.8) is 0 Å². The predicted octanol–water partition coefficient (Wildman–Crippen LogP) is 2.29. The van der Waals surface area contributed by atoms with Crippen LogP contribution in [0.5, 0.6) is 5.75 Å². The van der Waals surface area contributed by atoms with Crippen molar-refractivity contribution in [3.05, 3.63) is 54.0 Å². The van der Waals surface area contributed by atoms with E-state index in [4.69, 9.17) is 13.9 Å². The van der Waals surface area contributed by atoms with Crippen molar-refractivity contribution in [2.75, 3.05) is 7.11 Å². The molecule has 8 heteroatoms. The zero-order chi connectivity index (χ0) is 21.4. The lowest BCUT2D eigenvalue weighted by molar-refractivity contribution is -0.157. The molecular weight excluding hydrogens is 376 g/mol. The second kappa shape index (κ2) is 10.3. The minimum Gasteiger partial charge on any atom is -0.497 e. The molecule has 1 aromatic heterocycles. The second-order valence-electron chi connectivity index (χ2n) is 6.82. The number of methoxy groups -OCH3 is 1. The van der Waals surface area contributed by atoms with Gasteiger partial charge in [0.15, 0.2) is 11.9 Å². The van der Waals surface area contributed by atoms with E-state index in [1.807, 2.05) is 12.1 Å². The van der Waals surface area contributed by atoms with Crippen LogP contribution in [-0.4, -0.2) is 37.0 Å². The Labute approximate surface area is 169 Å². The lowest BCUT2D eigenvalue weighted by atomic mass is 10.0. The first-order valence-electron chi connectivity index (χ1n) is 9.27. The fraction of sp³-hybridized carbons (Fsp3) is 0.381. The average Bonchev–Trinajstić information content (AvgIpc) is 3.25. The Morgan fingerprint density at radius 3 is 2.31 bits per heavy atom. The van der Waals surface area contributed by atoms with Crippen molar-refractivity contribution in [1.82, 2.24) is 10.6 Å². The Bertz CT molecular complexity index is 814. The predicted molar refractivity (Wildman–Crippen MR) is 105 cm³/mol. The summed E-state index contributed by atoms with van der Waals surface area (Å²) in [5.74, 6) is -1.08. The number of nitrogens with one attached hydrogen (secondary N) is 2. The van der Waals surface area contributed by atoms with E-state index in [0.29, 0.717) is 0 Å². The summed E-state index contributed by atoms with van der Waals surface area (Å²) in [6, 6.07) is 9.40. The summed E-state index contributed by atoms with van der Waals surface area (Å²) in [7, 11) is 1.58. The van der Waals surface area contributed by atoms with Crippen LogP contribution < -0.4 is 15.4 Å². The molecule has 0 fully saturated rings. The van der Waals surface area contributed by atoms with Gasteiger partial charge in [0.2, 0.25) is 0 Å². The number of carbonyl (C=O) groups is 3. The number of hydrogen-bond acceptors (Lipinski definition) is 6. The van der Waals surface area contributed by atoms with Crippen LogP contribution in [0.25, 0.3) is 0 Å². The number of furan rings is 1. The Balaban J connectivity index is 1.88. The molecule has 8 nitrogen and oxygen atoms in total. The summed E-state index contributed by atoms with van der Waals surface area (Å²) in [6.07, 6.45) is 0.356. The van der Waals surface area contributed by atoms with Gasteiger partial charge in [-0.2, -0.15) is 0 Å². The van der Waals surface area contributed by atoms with Crippen LogP contribution in [0, 0.1) is 5.92 Å². The van der Waals surface area contributed by atoms with Gasteiger partial charge in [0, 0.05) is 6.54 Å². The van der Waals surface area contributed by atoms with Gasteiger partial charge in [-0.05, 0) is 42.7 Å². The summed E-state index contributed by atoms with van der Waals surface area (Å²) in [5.41, 5.74) is 0.878. The molecule has 29 heavy (non-hydrogen) atoms. The molecule has 0 aliphatic rings. The third kappa shape index (κ3) is 6.38. The van der Waals surface area contributed by atoms with Crippen molar-refractivity contribution in [2.45, 2.75) is 39.5 Å². The maximum absolute atomic E-state index is 12.5. The quantitative estimate of drug-likeness (QED) is 0.623. The average molecular weight is 402 g/mol. The van der Waals surface area contributed by atoms with E-state index in [1.165, 1.54) is 19.3 Å². The van der Waals surface area contributed by atoms with Gasteiger partial charge in [-0.3, -0.25) is 9.59 Å². The number of rotatable bonds is 9. The van der Waals surface area contributed by atoms with E-state index in [1.54, 1.807) is 39.2 Å². The molecule has 2 amide bonds. The molecule has 0 radical (unpaired) electrons. The second-order valence-corrected chi connectivity index (χ2v) is 6.82. The number of benzene rings is 1. The highest BCUT2D eigenvalue weighted by atomic mass is 16.5. The van der Waals surface area contributed by atoms with Crippen LogP contribution in [0.1, 0.15) is 36.9 Å². The maximum Gasteiger partial charge on any atom is 0.329 e. The molecular formula is C21H26N2O6. The molecule has 0 aliphatic heterocycles. The van der Waals surface area contributed by atoms with E-state index < -0.39 is 29.9 Å². The van der Waals surface area contributed by atoms with E-state index in [2.05, 4.69) is 10.6 Å². The standard InChI is InChI=1S/C21H26N2O6/c1-13(2)18(23-20(25)17-6-5-11-28-17)21(26)29-14(3)19(24)22-12-15-7-9-16(27-4)10-8-15/h5-11,13-14,18H,12H2,1-4H3,(H,22,24)(H,23,25)/t14-,18+/m1/s1. The minimum absolute atomic E-state index is 0.0914. The Kier molecular flexibility index (Phi) is 7.82. The Morgan fingerprint density at radius 2 is 1.76 bits per heavy atom. The number of ether oxygens (including phenoxy) is 2. The van der Waals surface area contributed by atoms with Crippen LogP contribution in [0.15, 0.2) is 47.1 Å². The fourth-order valence-corrected chi connectivity index (χ4v) is 2.50. The highest BCUT2D eigenvalue weighted by Crippen LogP contribution is 2.12. The molecule has 2 N–H and O–H groups in total. The molecule has 0 bridgehead atoms. The molecule has 0 unspecified atom stereocenters. The summed E-state index contributed by atoms with van der Waals surface area (Å²) >= 11 is 0. The zero-order valence-corrected chi connectivity index (χ0v) is 16.9. The Hall–Kier alpha value is -3.29. The van der Waals surface area contributed by atoms with Gasteiger partial charge >= 0.3 is 5.97 Å². The van der Waals surface area contributed by atoms with Gasteiger partial charge in [-0.15, -0.1) is 0 Å². The first kappa shape index (κ1) is 22.0. The van der Waals surface area contributed by atoms with E-state index in [-0.39, 0.29) is 18.2 Å². The lowest BCUT2D eigenvalue weighted by Crippen LogP contribution is -2.47. The monoisotopic (exact) mass is 402 g/mol. The largest absolute Gasteiger partial charge is 0.497 e. The molecule has 0 saturated carbocycles. The number of esters is 1. The first-order valence-corrected chi connectivity index (χ1v) is 9.27. The van der Waals surface area contributed by atoms with Crippen molar-refractivity contribution < 1.29 is 28.3 Å². The van der Waals surface area contributed by atoms with Crippen molar-refractivity contribution >= 4 is 17.8 Å². The summed E-state index contributed by atoms with van der Waals surface area (Å²) in [6.45, 7) is 5.30. The third-order valence-electron chi connectivity index (χ3n) is 4.24. The molecule has 2 aromatic rings. The van der Waals surface area contributed by atoms with Gasteiger partial charge < -0.3 is 24.5 Å². The van der Waals surface area contributed by atoms with Gasteiger partial charge in [0.1, 0.15) is 11.8 Å². The van der Waals surface area contributed by atoms with Gasteiger partial charge in [-0.1, -0.05) is 26.0 Å². The molecule has 1 aromatic carbocycles. The van der Waals surface area contributed by atoms with Crippen LogP contribution in [0.4, 0.5) is 0 Å². The van der Waals surface area contributed by atoms with Crippen molar-refractivity contribution in [2.24, 2.45) is 5.92 Å². The molecule has 156 valence electrons. The van der Waals surface area contributed by atoms with Crippen LogP contribution in [-0.2, 0) is 20.9 Å². The highest BCUT2D eigenvalue weighted by Gasteiger charge is 2.29. The van der Waals surface area contributed by atoms with Gasteiger partial charge in [0.05, 0.1) is 13.4 Å². The highest BCUT2D eigenvalue weighted by molar-refractivity contribution is 5.95. The first-order chi connectivity index (χ1) is 13.8. The normalized spacial score (nSPS) is 12.7. The van der Waals surface area contributed by atoms with Crippen molar-refractivity contribution in [1.29, 1.82) is 0 Å². The Morgan fingerprint density at radius 1 is 1.07 bits per heavy atom. The summed E-state index contributed by atoms with van der Waals surface area (Å²) in [4.78, 5) is 36.9. The van der Waals surface area contributed by atoms with Crippen LogP contribution in [0.2, 0.25) is 0 Å². The SMILES string of the molecule is COc1ccc(CNC(=O)[C@@H](C)OC(=O)[C@@H](NC(=O)c2ccco2)C(C)C)cc1. The number of carbonyl (C=O) groups excluding carboxylic acids is 3. The molecule has 2 rings (SSSR count). The van der Waals surface area contributed by atoms with Crippen molar-refractivity contribution in [3.8, 4) is 5.75 Å².